The van der Waals surface area contributed by atoms with Gasteiger partial charge in [0.15, 0.2) is 0 Å². The lowest BCUT2D eigenvalue weighted by Crippen LogP contribution is -1.96. The van der Waals surface area contributed by atoms with Crippen molar-refractivity contribution in [1.29, 1.82) is 0 Å². The van der Waals surface area contributed by atoms with Crippen LogP contribution < -0.4 is 0 Å². The Bertz CT molecular complexity index is 741. The number of benzene rings is 1. The average molecular weight is 251 g/mol. The fourth-order valence-corrected chi connectivity index (χ4v) is 2.48. The van der Waals surface area contributed by atoms with Crippen LogP contribution in [0.1, 0.15) is 18.1 Å². The zero-order valence-corrected chi connectivity index (χ0v) is 11.5. The van der Waals surface area contributed by atoms with Crippen molar-refractivity contribution in [2.45, 2.75) is 20.3 Å². The molecule has 2 aromatic heterocycles. The van der Waals surface area contributed by atoms with Gasteiger partial charge in [0.1, 0.15) is 5.82 Å². The van der Waals surface area contributed by atoms with E-state index in [9.17, 15) is 0 Å². The Balaban J connectivity index is 2.28. The molecule has 0 unspecified atom stereocenters. The van der Waals surface area contributed by atoms with Crippen molar-refractivity contribution in [2.75, 3.05) is 0 Å². The van der Waals surface area contributed by atoms with Crippen LogP contribution in [0.4, 0.5) is 0 Å². The zero-order valence-electron chi connectivity index (χ0n) is 11.5. The summed E-state index contributed by atoms with van der Waals surface area (Å²) >= 11 is 0. The van der Waals surface area contributed by atoms with Gasteiger partial charge in [-0.05, 0) is 42.7 Å². The number of hydrogen-bond donors (Lipinski definition) is 0. The van der Waals surface area contributed by atoms with Crippen molar-refractivity contribution in [2.24, 2.45) is 7.05 Å². The van der Waals surface area contributed by atoms with Crippen LogP contribution in [-0.4, -0.2) is 14.5 Å². The highest BCUT2D eigenvalue weighted by molar-refractivity contribution is 5.81. The number of fused-ring (bicyclic) bond motifs is 1. The Labute approximate surface area is 112 Å². The van der Waals surface area contributed by atoms with Gasteiger partial charge in [-0.3, -0.25) is 4.98 Å². The molecule has 0 aliphatic rings. The molecule has 1 aromatic carbocycles. The van der Waals surface area contributed by atoms with Crippen molar-refractivity contribution in [1.82, 2.24) is 14.5 Å². The normalized spacial score (nSPS) is 11.1. The molecule has 0 saturated heterocycles. The quantitative estimate of drug-likeness (QED) is 0.698. The maximum atomic E-state index is 4.79. The van der Waals surface area contributed by atoms with E-state index >= 15 is 0 Å². The molecule has 0 aliphatic heterocycles. The molecule has 3 heteroatoms. The van der Waals surface area contributed by atoms with Crippen LogP contribution in [0.2, 0.25) is 0 Å². The van der Waals surface area contributed by atoms with Crippen molar-refractivity contribution >= 4 is 11.0 Å². The topological polar surface area (TPSA) is 30.7 Å². The number of imidazole rings is 1. The first-order valence-corrected chi connectivity index (χ1v) is 6.57. The molecule has 3 rings (SSSR count). The number of aryl methyl sites for hydroxylation is 3. The van der Waals surface area contributed by atoms with Crippen molar-refractivity contribution in [3.8, 4) is 11.4 Å². The standard InChI is InChI=1S/C16H17N3/c1-4-12-10-17-8-7-13(12)16-18-14-9-11(2)5-6-15(14)19(16)3/h5-10H,4H2,1-3H3. The molecular weight excluding hydrogens is 234 g/mol. The molecule has 96 valence electrons. The number of pyridine rings is 1. The minimum absolute atomic E-state index is 0.964. The van der Waals surface area contributed by atoms with Crippen LogP contribution in [0.5, 0.6) is 0 Å². The predicted molar refractivity (Wildman–Crippen MR) is 78.1 cm³/mol. The van der Waals surface area contributed by atoms with Crippen LogP contribution >= 0.6 is 0 Å². The summed E-state index contributed by atoms with van der Waals surface area (Å²) in [6.45, 7) is 4.24. The van der Waals surface area contributed by atoms with Gasteiger partial charge in [-0.15, -0.1) is 0 Å². The van der Waals surface area contributed by atoms with Crippen molar-refractivity contribution < 1.29 is 0 Å². The fraction of sp³-hybridized carbons (Fsp3) is 0.250. The number of hydrogen-bond acceptors (Lipinski definition) is 2. The van der Waals surface area contributed by atoms with Gasteiger partial charge in [-0.2, -0.15) is 0 Å². The Morgan fingerprint density at radius 1 is 1.21 bits per heavy atom. The smallest absolute Gasteiger partial charge is 0.141 e. The third-order valence-electron chi connectivity index (χ3n) is 3.56. The fourth-order valence-electron chi connectivity index (χ4n) is 2.48. The molecule has 19 heavy (non-hydrogen) atoms. The summed E-state index contributed by atoms with van der Waals surface area (Å²) in [5, 5.41) is 0. The van der Waals surface area contributed by atoms with Crippen molar-refractivity contribution in [3.63, 3.8) is 0 Å². The molecule has 2 heterocycles. The lowest BCUT2D eigenvalue weighted by molar-refractivity contribution is 0.951. The predicted octanol–water partition coefficient (Wildman–Crippen LogP) is 3.51. The van der Waals surface area contributed by atoms with E-state index in [1.165, 1.54) is 22.2 Å². The molecule has 0 atom stereocenters. The molecule has 0 bridgehead atoms. The van der Waals surface area contributed by atoms with Gasteiger partial charge in [0.25, 0.3) is 0 Å². The molecule has 0 spiro atoms. The molecular formula is C16H17N3. The summed E-state index contributed by atoms with van der Waals surface area (Å²) < 4.78 is 2.16. The van der Waals surface area contributed by atoms with E-state index < -0.39 is 0 Å². The summed E-state index contributed by atoms with van der Waals surface area (Å²) in [7, 11) is 2.07. The minimum atomic E-state index is 0.964. The van der Waals surface area contributed by atoms with Gasteiger partial charge in [0.05, 0.1) is 11.0 Å². The second kappa shape index (κ2) is 4.50. The van der Waals surface area contributed by atoms with E-state index in [4.69, 9.17) is 4.98 Å². The highest BCUT2D eigenvalue weighted by Crippen LogP contribution is 2.26. The van der Waals surface area contributed by atoms with Gasteiger partial charge in [-0.1, -0.05) is 13.0 Å². The monoisotopic (exact) mass is 251 g/mol. The second-order valence-electron chi connectivity index (χ2n) is 4.87. The lowest BCUT2D eigenvalue weighted by atomic mass is 10.1. The zero-order chi connectivity index (χ0) is 13.4. The Morgan fingerprint density at radius 2 is 2.05 bits per heavy atom. The maximum Gasteiger partial charge on any atom is 0.141 e. The van der Waals surface area contributed by atoms with E-state index in [-0.39, 0.29) is 0 Å². The van der Waals surface area contributed by atoms with Crippen LogP contribution in [0.25, 0.3) is 22.4 Å². The lowest BCUT2D eigenvalue weighted by Gasteiger charge is -2.06. The third kappa shape index (κ3) is 1.91. The van der Waals surface area contributed by atoms with Gasteiger partial charge < -0.3 is 4.57 Å². The molecule has 0 aliphatic carbocycles. The maximum absolute atomic E-state index is 4.79. The molecule has 0 amide bonds. The first kappa shape index (κ1) is 11.9. The van der Waals surface area contributed by atoms with E-state index in [1.807, 2.05) is 18.5 Å². The molecule has 0 radical (unpaired) electrons. The molecule has 3 aromatic rings. The number of rotatable bonds is 2. The minimum Gasteiger partial charge on any atom is -0.327 e. The average Bonchev–Trinajstić information content (AvgIpc) is 2.75. The van der Waals surface area contributed by atoms with E-state index in [0.29, 0.717) is 0 Å². The number of nitrogens with zero attached hydrogens (tertiary/aromatic N) is 3. The van der Waals surface area contributed by atoms with E-state index in [0.717, 1.165) is 17.8 Å². The van der Waals surface area contributed by atoms with Gasteiger partial charge in [0.2, 0.25) is 0 Å². The second-order valence-corrected chi connectivity index (χ2v) is 4.87. The number of aromatic nitrogens is 3. The Kier molecular flexibility index (Phi) is 2.82. The summed E-state index contributed by atoms with van der Waals surface area (Å²) in [4.78, 5) is 8.99. The molecule has 3 nitrogen and oxygen atoms in total. The summed E-state index contributed by atoms with van der Waals surface area (Å²) in [6.07, 6.45) is 4.73. The van der Waals surface area contributed by atoms with Crippen molar-refractivity contribution in [3.05, 3.63) is 47.8 Å². The van der Waals surface area contributed by atoms with Crippen LogP contribution in [-0.2, 0) is 13.5 Å². The first-order valence-electron chi connectivity index (χ1n) is 6.57. The van der Waals surface area contributed by atoms with Gasteiger partial charge in [0, 0.05) is 25.0 Å². The molecule has 0 fully saturated rings. The highest BCUT2D eigenvalue weighted by Gasteiger charge is 2.12. The largest absolute Gasteiger partial charge is 0.327 e. The first-order chi connectivity index (χ1) is 9.20. The highest BCUT2D eigenvalue weighted by atomic mass is 15.1. The SMILES string of the molecule is CCc1cnccc1-c1nc2cc(C)ccc2n1C. The van der Waals surface area contributed by atoms with E-state index in [1.54, 1.807) is 0 Å². The van der Waals surface area contributed by atoms with Gasteiger partial charge in [-0.25, -0.2) is 4.98 Å². The van der Waals surface area contributed by atoms with Crippen LogP contribution in [0.15, 0.2) is 36.7 Å². The Hall–Kier alpha value is -2.16. The summed E-state index contributed by atoms with van der Waals surface area (Å²) in [5.41, 5.74) is 5.87. The van der Waals surface area contributed by atoms with Gasteiger partial charge >= 0.3 is 0 Å². The van der Waals surface area contributed by atoms with Crippen LogP contribution in [0, 0.1) is 6.92 Å². The summed E-state index contributed by atoms with van der Waals surface area (Å²) in [6, 6.07) is 8.44. The molecule has 0 saturated carbocycles. The van der Waals surface area contributed by atoms with Crippen LogP contribution in [0.3, 0.4) is 0 Å². The molecule has 0 N–H and O–H groups in total. The third-order valence-corrected chi connectivity index (χ3v) is 3.56. The Morgan fingerprint density at radius 3 is 2.84 bits per heavy atom. The summed E-state index contributed by atoms with van der Waals surface area (Å²) in [5.74, 6) is 1.01. The van der Waals surface area contributed by atoms with E-state index in [2.05, 4.69) is 48.6 Å².